The summed E-state index contributed by atoms with van der Waals surface area (Å²) in [6, 6.07) is 0. The number of hydrogen-bond donors (Lipinski definition) is 2. The molecule has 0 aromatic carbocycles. The van der Waals surface area contributed by atoms with Crippen LogP contribution in [0.3, 0.4) is 0 Å². The molecule has 0 aliphatic carbocycles. The number of aliphatic hydroxyl groups is 2. The van der Waals surface area contributed by atoms with Crippen LogP contribution in [0.1, 0.15) is 39.0 Å². The Labute approximate surface area is 96.6 Å². The smallest absolute Gasteiger partial charge is 0.168 e. The molecule has 0 aromatic rings. The van der Waals surface area contributed by atoms with E-state index in [1.54, 1.807) is 0 Å². The molecule has 2 aliphatic rings. The van der Waals surface area contributed by atoms with Crippen molar-refractivity contribution in [2.24, 2.45) is 5.92 Å². The van der Waals surface area contributed by atoms with Gasteiger partial charge in [0.1, 0.15) is 0 Å². The van der Waals surface area contributed by atoms with E-state index in [-0.39, 0.29) is 18.1 Å². The van der Waals surface area contributed by atoms with Crippen molar-refractivity contribution in [3.05, 3.63) is 0 Å². The minimum atomic E-state index is -1.58. The molecule has 2 rings (SSSR count). The number of unbranched alkanes of at least 4 members (excludes halogenated alkanes) is 1. The number of hydrogen-bond acceptors (Lipinski definition) is 4. The molecule has 2 N–H and O–H groups in total. The Morgan fingerprint density at radius 3 is 2.38 bits per heavy atom. The van der Waals surface area contributed by atoms with Gasteiger partial charge in [-0.3, -0.25) is 0 Å². The zero-order valence-electron chi connectivity index (χ0n) is 9.89. The number of rotatable bonds is 8. The third kappa shape index (κ3) is 3.70. The first-order chi connectivity index (χ1) is 7.62. The summed E-state index contributed by atoms with van der Waals surface area (Å²) in [6.07, 6.45) is 4.38. The summed E-state index contributed by atoms with van der Waals surface area (Å²) >= 11 is 0. The van der Waals surface area contributed by atoms with Crippen LogP contribution in [0, 0.1) is 5.92 Å². The average Bonchev–Trinajstić information content (AvgIpc) is 3.05. The molecule has 2 heterocycles. The highest BCUT2D eigenvalue weighted by Gasteiger charge is 2.42. The largest absolute Gasteiger partial charge is 0.373 e. The molecular formula is C12H22O4. The fourth-order valence-electron chi connectivity index (χ4n) is 2.20. The molecule has 2 aliphatic heterocycles. The van der Waals surface area contributed by atoms with Gasteiger partial charge in [0.25, 0.3) is 0 Å². The quantitative estimate of drug-likeness (QED) is 0.483. The molecule has 3 atom stereocenters. The van der Waals surface area contributed by atoms with E-state index in [2.05, 4.69) is 6.92 Å². The lowest BCUT2D eigenvalue weighted by molar-refractivity contribution is -0.211. The Morgan fingerprint density at radius 1 is 1.25 bits per heavy atom. The zero-order chi connectivity index (χ0) is 11.6. The molecule has 4 heteroatoms. The summed E-state index contributed by atoms with van der Waals surface area (Å²) in [5.41, 5.74) is 0. The van der Waals surface area contributed by atoms with Crippen molar-refractivity contribution in [2.75, 3.05) is 13.2 Å². The van der Waals surface area contributed by atoms with Gasteiger partial charge in [-0.25, -0.2) is 0 Å². The average molecular weight is 230 g/mol. The van der Waals surface area contributed by atoms with Gasteiger partial charge < -0.3 is 19.7 Å². The van der Waals surface area contributed by atoms with E-state index in [9.17, 15) is 10.2 Å². The van der Waals surface area contributed by atoms with Crippen molar-refractivity contribution in [1.82, 2.24) is 0 Å². The van der Waals surface area contributed by atoms with Crippen LogP contribution in [0.25, 0.3) is 0 Å². The molecule has 0 spiro atoms. The Hall–Kier alpha value is -0.160. The molecule has 3 unspecified atom stereocenters. The molecule has 0 saturated carbocycles. The van der Waals surface area contributed by atoms with Crippen molar-refractivity contribution < 1.29 is 19.7 Å². The van der Waals surface area contributed by atoms with Gasteiger partial charge in [0.15, 0.2) is 5.79 Å². The van der Waals surface area contributed by atoms with E-state index in [1.165, 1.54) is 0 Å². The summed E-state index contributed by atoms with van der Waals surface area (Å²) in [7, 11) is 0. The SMILES string of the molecule is CCCCC(CC1CO1)C(O)(O)CC1CO1. The summed E-state index contributed by atoms with van der Waals surface area (Å²) in [5, 5.41) is 20.2. The van der Waals surface area contributed by atoms with E-state index < -0.39 is 5.79 Å². The molecular weight excluding hydrogens is 208 g/mol. The normalized spacial score (nSPS) is 30.2. The predicted molar refractivity (Wildman–Crippen MR) is 58.9 cm³/mol. The van der Waals surface area contributed by atoms with E-state index in [0.29, 0.717) is 13.0 Å². The highest BCUT2D eigenvalue weighted by molar-refractivity contribution is 4.87. The van der Waals surface area contributed by atoms with E-state index >= 15 is 0 Å². The Morgan fingerprint density at radius 2 is 1.88 bits per heavy atom. The Balaban J connectivity index is 1.85. The van der Waals surface area contributed by atoms with Crippen molar-refractivity contribution >= 4 is 0 Å². The van der Waals surface area contributed by atoms with Gasteiger partial charge in [0.05, 0.1) is 25.4 Å². The molecule has 4 nitrogen and oxygen atoms in total. The van der Waals surface area contributed by atoms with Crippen LogP contribution in [0.2, 0.25) is 0 Å². The van der Waals surface area contributed by atoms with Crippen molar-refractivity contribution in [3.63, 3.8) is 0 Å². The van der Waals surface area contributed by atoms with E-state index in [1.807, 2.05) is 0 Å². The second-order valence-electron chi connectivity index (χ2n) is 5.07. The highest BCUT2D eigenvalue weighted by atomic mass is 16.6. The second kappa shape index (κ2) is 5.00. The molecule has 16 heavy (non-hydrogen) atoms. The van der Waals surface area contributed by atoms with Gasteiger partial charge in [0.2, 0.25) is 0 Å². The molecule has 0 bridgehead atoms. The van der Waals surface area contributed by atoms with E-state index in [4.69, 9.17) is 9.47 Å². The maximum Gasteiger partial charge on any atom is 0.168 e. The standard InChI is InChI=1S/C12H22O4/c1-2-3-4-9(5-10-7-15-10)12(13,14)6-11-8-16-11/h9-11,13-14H,2-8H2,1H3. The summed E-state index contributed by atoms with van der Waals surface area (Å²) in [6.45, 7) is 3.56. The maximum atomic E-state index is 10.1. The van der Waals surface area contributed by atoms with Crippen LogP contribution in [-0.2, 0) is 9.47 Å². The van der Waals surface area contributed by atoms with Crippen molar-refractivity contribution in [2.45, 2.75) is 57.0 Å². The van der Waals surface area contributed by atoms with Gasteiger partial charge in [0, 0.05) is 12.3 Å². The van der Waals surface area contributed by atoms with Gasteiger partial charge in [-0.15, -0.1) is 0 Å². The topological polar surface area (TPSA) is 65.5 Å². The monoisotopic (exact) mass is 230 g/mol. The molecule has 0 amide bonds. The van der Waals surface area contributed by atoms with E-state index in [0.717, 1.165) is 32.3 Å². The first kappa shape index (κ1) is 12.3. The van der Waals surface area contributed by atoms with Crippen LogP contribution >= 0.6 is 0 Å². The fraction of sp³-hybridized carbons (Fsp3) is 1.00. The van der Waals surface area contributed by atoms with Gasteiger partial charge in [-0.2, -0.15) is 0 Å². The van der Waals surface area contributed by atoms with Crippen molar-refractivity contribution in [3.8, 4) is 0 Å². The third-order valence-electron chi connectivity index (χ3n) is 3.44. The summed E-state index contributed by atoms with van der Waals surface area (Å²) in [5.74, 6) is -1.66. The fourth-order valence-corrected chi connectivity index (χ4v) is 2.20. The number of epoxide rings is 2. The van der Waals surface area contributed by atoms with Crippen molar-refractivity contribution in [1.29, 1.82) is 0 Å². The first-order valence-electron chi connectivity index (χ1n) is 6.29. The zero-order valence-corrected chi connectivity index (χ0v) is 9.89. The maximum absolute atomic E-state index is 10.1. The van der Waals surface area contributed by atoms with Crippen LogP contribution in [-0.4, -0.2) is 41.4 Å². The van der Waals surface area contributed by atoms with Gasteiger partial charge in [-0.1, -0.05) is 19.8 Å². The molecule has 2 fully saturated rings. The summed E-state index contributed by atoms with van der Waals surface area (Å²) < 4.78 is 10.2. The molecule has 94 valence electrons. The molecule has 0 radical (unpaired) electrons. The lowest BCUT2D eigenvalue weighted by atomic mass is 9.86. The number of ether oxygens (including phenoxy) is 2. The Bertz CT molecular complexity index is 221. The molecule has 0 aromatic heterocycles. The van der Waals surface area contributed by atoms with Gasteiger partial charge >= 0.3 is 0 Å². The lowest BCUT2D eigenvalue weighted by Gasteiger charge is -2.30. The Kier molecular flexibility index (Phi) is 3.85. The van der Waals surface area contributed by atoms with Crippen LogP contribution in [0.4, 0.5) is 0 Å². The van der Waals surface area contributed by atoms with Crippen LogP contribution in [0.15, 0.2) is 0 Å². The van der Waals surface area contributed by atoms with Crippen LogP contribution in [0.5, 0.6) is 0 Å². The second-order valence-corrected chi connectivity index (χ2v) is 5.07. The molecule has 2 saturated heterocycles. The third-order valence-corrected chi connectivity index (χ3v) is 3.44. The minimum Gasteiger partial charge on any atom is -0.373 e. The highest BCUT2D eigenvalue weighted by Crippen LogP contribution is 2.35. The first-order valence-corrected chi connectivity index (χ1v) is 6.29. The lowest BCUT2D eigenvalue weighted by Crippen LogP contribution is -2.40. The van der Waals surface area contributed by atoms with Gasteiger partial charge in [-0.05, 0) is 12.8 Å². The van der Waals surface area contributed by atoms with Crippen LogP contribution < -0.4 is 0 Å². The minimum absolute atomic E-state index is 0.0549. The summed E-state index contributed by atoms with van der Waals surface area (Å²) in [4.78, 5) is 0. The predicted octanol–water partition coefficient (Wildman–Crippen LogP) is 1.05.